The van der Waals surface area contributed by atoms with E-state index in [1.165, 1.54) is 0 Å². The predicted molar refractivity (Wildman–Crippen MR) is 87.3 cm³/mol. The first kappa shape index (κ1) is 14.7. The maximum Gasteiger partial charge on any atom is 0.120 e. The smallest absolute Gasteiger partial charge is 0.120 e. The van der Waals surface area contributed by atoms with Crippen molar-refractivity contribution in [3.63, 3.8) is 0 Å². The summed E-state index contributed by atoms with van der Waals surface area (Å²) < 4.78 is 7.53. The van der Waals surface area contributed by atoms with Gasteiger partial charge in [-0.25, -0.2) is 0 Å². The summed E-state index contributed by atoms with van der Waals surface area (Å²) in [6.45, 7) is 1.32. The Balaban J connectivity index is 1.79. The summed E-state index contributed by atoms with van der Waals surface area (Å²) in [5.74, 6) is 0.855. The lowest BCUT2D eigenvalue weighted by Gasteiger charge is -2.09. The summed E-state index contributed by atoms with van der Waals surface area (Å²) in [7, 11) is 0. The molecule has 0 bridgehead atoms. The maximum atomic E-state index is 5.93. The number of nitrogens with one attached hydrogen (secondary N) is 1. The number of rotatable bonds is 5. The Labute approximate surface area is 134 Å². The molecule has 0 radical (unpaired) electrons. The van der Waals surface area contributed by atoms with Crippen LogP contribution in [0.25, 0.3) is 0 Å². The molecule has 0 atom stereocenters. The molecule has 0 saturated heterocycles. The second-order valence-corrected chi connectivity index (χ2v) is 6.04. The van der Waals surface area contributed by atoms with Crippen LogP contribution in [0.3, 0.4) is 0 Å². The molecule has 1 N–H and O–H groups in total. The summed E-state index contributed by atoms with van der Waals surface area (Å²) in [5, 5.41) is 3.98. The highest BCUT2D eigenvalue weighted by Gasteiger charge is 1.99. The lowest BCUT2D eigenvalue weighted by Crippen LogP contribution is -2.11. The molecule has 0 heterocycles. The van der Waals surface area contributed by atoms with Gasteiger partial charge in [-0.15, -0.1) is 0 Å². The van der Waals surface area contributed by atoms with Crippen molar-refractivity contribution >= 4 is 49.1 Å². The van der Waals surface area contributed by atoms with E-state index in [9.17, 15) is 0 Å². The monoisotopic (exact) mass is 403 g/mol. The minimum absolute atomic E-state index is 0.594. The van der Waals surface area contributed by atoms with Crippen LogP contribution in [0, 0.1) is 0 Å². The molecule has 0 amide bonds. The third-order valence-electron chi connectivity index (χ3n) is 2.42. The fourth-order valence-electron chi connectivity index (χ4n) is 1.53. The van der Waals surface area contributed by atoms with E-state index in [1.807, 2.05) is 42.5 Å². The molecule has 0 fully saturated rings. The van der Waals surface area contributed by atoms with Crippen LogP contribution < -0.4 is 10.1 Å². The zero-order valence-corrected chi connectivity index (χ0v) is 13.9. The molecule has 2 rings (SSSR count). The first-order valence-electron chi connectivity index (χ1n) is 5.72. The van der Waals surface area contributed by atoms with E-state index < -0.39 is 0 Å². The molecule has 0 aromatic heterocycles. The van der Waals surface area contributed by atoms with Crippen molar-refractivity contribution in [3.05, 3.63) is 56.4 Å². The number of anilines is 1. The molecule has 19 heavy (non-hydrogen) atoms. The Kier molecular flexibility index (Phi) is 5.55. The Bertz CT molecular complexity index is 563. The van der Waals surface area contributed by atoms with E-state index in [0.717, 1.165) is 26.9 Å². The van der Waals surface area contributed by atoms with E-state index in [1.54, 1.807) is 0 Å². The second kappa shape index (κ2) is 7.17. The van der Waals surface area contributed by atoms with Gasteiger partial charge in [0.05, 0.1) is 5.02 Å². The summed E-state index contributed by atoms with van der Waals surface area (Å²) >= 11 is 12.7. The Hall–Kier alpha value is -0.710. The third-order valence-corrected chi connectivity index (χ3v) is 4.12. The first-order valence-corrected chi connectivity index (χ1v) is 7.69. The number of benzene rings is 2. The SMILES string of the molecule is Clc1ccc(NCCOc2cccc(Br)c2)cc1Br. The number of halogens is 3. The lowest BCUT2D eigenvalue weighted by molar-refractivity contribution is 0.332. The van der Waals surface area contributed by atoms with Crippen molar-refractivity contribution in [2.75, 3.05) is 18.5 Å². The Morgan fingerprint density at radius 1 is 1.11 bits per heavy atom. The average Bonchev–Trinajstić information content (AvgIpc) is 2.39. The van der Waals surface area contributed by atoms with Crippen molar-refractivity contribution in [2.45, 2.75) is 0 Å². The summed E-state index contributed by atoms with van der Waals surface area (Å²) in [5.41, 5.74) is 1.01. The van der Waals surface area contributed by atoms with Gasteiger partial charge >= 0.3 is 0 Å². The second-order valence-electron chi connectivity index (χ2n) is 3.86. The highest BCUT2D eigenvalue weighted by atomic mass is 79.9. The Morgan fingerprint density at radius 2 is 1.95 bits per heavy atom. The molecular weight excluding hydrogens is 393 g/mol. The van der Waals surface area contributed by atoms with Crippen molar-refractivity contribution in [3.8, 4) is 5.75 Å². The van der Waals surface area contributed by atoms with Crippen LogP contribution >= 0.6 is 43.5 Å². The van der Waals surface area contributed by atoms with Crippen molar-refractivity contribution in [1.29, 1.82) is 0 Å². The van der Waals surface area contributed by atoms with E-state index in [4.69, 9.17) is 16.3 Å². The van der Waals surface area contributed by atoms with Gasteiger partial charge in [-0.2, -0.15) is 0 Å². The van der Waals surface area contributed by atoms with Crippen LogP contribution in [0.5, 0.6) is 5.75 Å². The average molecular weight is 406 g/mol. The van der Waals surface area contributed by atoms with Crippen LogP contribution in [0.2, 0.25) is 5.02 Å². The van der Waals surface area contributed by atoms with E-state index in [0.29, 0.717) is 11.6 Å². The molecule has 2 aromatic carbocycles. The molecule has 0 aliphatic rings. The van der Waals surface area contributed by atoms with Gasteiger partial charge in [0, 0.05) is 21.2 Å². The molecule has 0 unspecified atom stereocenters. The maximum absolute atomic E-state index is 5.93. The van der Waals surface area contributed by atoms with Crippen LogP contribution in [-0.2, 0) is 0 Å². The van der Waals surface area contributed by atoms with Crippen molar-refractivity contribution < 1.29 is 4.74 Å². The quantitative estimate of drug-likeness (QED) is 0.677. The first-order chi connectivity index (χ1) is 9.15. The molecular formula is C14H12Br2ClNO. The van der Waals surface area contributed by atoms with Gasteiger partial charge in [0.15, 0.2) is 0 Å². The normalized spacial score (nSPS) is 10.3. The van der Waals surface area contributed by atoms with E-state index in [-0.39, 0.29) is 0 Å². The Morgan fingerprint density at radius 3 is 2.68 bits per heavy atom. The van der Waals surface area contributed by atoms with Gasteiger partial charge in [0.1, 0.15) is 12.4 Å². The van der Waals surface area contributed by atoms with E-state index >= 15 is 0 Å². The molecule has 0 spiro atoms. The summed E-state index contributed by atoms with van der Waals surface area (Å²) in [6.07, 6.45) is 0. The molecule has 2 aromatic rings. The van der Waals surface area contributed by atoms with Crippen LogP contribution in [0.15, 0.2) is 51.4 Å². The number of hydrogen-bond acceptors (Lipinski definition) is 2. The number of ether oxygens (including phenoxy) is 1. The van der Waals surface area contributed by atoms with Gasteiger partial charge in [0.25, 0.3) is 0 Å². The topological polar surface area (TPSA) is 21.3 Å². The minimum atomic E-state index is 0.594. The predicted octanol–water partition coefficient (Wildman–Crippen LogP) is 5.36. The fourth-order valence-corrected chi connectivity index (χ4v) is 2.40. The van der Waals surface area contributed by atoms with Gasteiger partial charge < -0.3 is 10.1 Å². The zero-order valence-electron chi connectivity index (χ0n) is 10.00. The van der Waals surface area contributed by atoms with Crippen molar-refractivity contribution in [1.82, 2.24) is 0 Å². The minimum Gasteiger partial charge on any atom is -0.492 e. The van der Waals surface area contributed by atoms with Gasteiger partial charge in [-0.1, -0.05) is 33.6 Å². The highest BCUT2D eigenvalue weighted by molar-refractivity contribution is 9.10. The largest absolute Gasteiger partial charge is 0.492 e. The molecule has 5 heteroatoms. The van der Waals surface area contributed by atoms with E-state index in [2.05, 4.69) is 37.2 Å². The molecule has 100 valence electrons. The highest BCUT2D eigenvalue weighted by Crippen LogP contribution is 2.25. The van der Waals surface area contributed by atoms with Crippen LogP contribution in [0.1, 0.15) is 0 Å². The van der Waals surface area contributed by atoms with Crippen molar-refractivity contribution in [2.24, 2.45) is 0 Å². The zero-order chi connectivity index (χ0) is 13.7. The lowest BCUT2D eigenvalue weighted by atomic mass is 10.3. The number of hydrogen-bond donors (Lipinski definition) is 1. The van der Waals surface area contributed by atoms with Crippen LogP contribution in [-0.4, -0.2) is 13.2 Å². The molecule has 0 aliphatic heterocycles. The third kappa shape index (κ3) is 4.71. The molecule has 0 saturated carbocycles. The fraction of sp³-hybridized carbons (Fsp3) is 0.143. The molecule has 0 aliphatic carbocycles. The van der Waals surface area contributed by atoms with Gasteiger partial charge in [-0.3, -0.25) is 0 Å². The van der Waals surface area contributed by atoms with Gasteiger partial charge in [0.2, 0.25) is 0 Å². The van der Waals surface area contributed by atoms with Gasteiger partial charge in [-0.05, 0) is 52.3 Å². The molecule has 2 nitrogen and oxygen atoms in total. The standard InChI is InChI=1S/C14H12Br2ClNO/c15-10-2-1-3-12(8-10)19-7-6-18-11-4-5-14(17)13(16)9-11/h1-5,8-9,18H,6-7H2. The summed E-state index contributed by atoms with van der Waals surface area (Å²) in [6, 6.07) is 13.5. The van der Waals surface area contributed by atoms with Crippen LogP contribution in [0.4, 0.5) is 5.69 Å². The summed E-state index contributed by atoms with van der Waals surface area (Å²) in [4.78, 5) is 0.